The van der Waals surface area contributed by atoms with Gasteiger partial charge in [-0.15, -0.1) is 0 Å². The average molecular weight is 486 g/mol. The Bertz CT molecular complexity index is 922. The van der Waals surface area contributed by atoms with E-state index in [0.29, 0.717) is 29.9 Å². The van der Waals surface area contributed by atoms with Crippen molar-refractivity contribution < 1.29 is 13.2 Å². The summed E-state index contributed by atoms with van der Waals surface area (Å²) in [6.45, 7) is 8.02. The van der Waals surface area contributed by atoms with E-state index in [2.05, 4.69) is 27.9 Å². The zero-order valence-electron chi connectivity index (χ0n) is 15.3. The number of amides is 1. The van der Waals surface area contributed by atoms with E-state index in [-0.39, 0.29) is 10.8 Å². The van der Waals surface area contributed by atoms with Gasteiger partial charge in [-0.05, 0) is 77.9 Å². The van der Waals surface area contributed by atoms with Crippen molar-refractivity contribution in [3.63, 3.8) is 0 Å². The first-order valence-electron chi connectivity index (χ1n) is 8.39. The van der Waals surface area contributed by atoms with Gasteiger partial charge in [-0.25, -0.2) is 8.42 Å². The van der Waals surface area contributed by atoms with E-state index >= 15 is 0 Å². The Hall–Kier alpha value is -1.45. The van der Waals surface area contributed by atoms with Crippen LogP contribution in [0.4, 0.5) is 5.69 Å². The molecule has 0 radical (unpaired) electrons. The fourth-order valence-electron chi connectivity index (χ4n) is 2.68. The number of sulfonamides is 1. The standard InChI is InChI=1S/C19H23IN2O3S/c1-5-22(6-2)26(24,25)18-12-15(8-7-13(18)3)19(23)21-17-10-9-16(20)11-14(17)4/h7-12H,5-6H2,1-4H3,(H,21,23). The van der Waals surface area contributed by atoms with E-state index in [4.69, 9.17) is 0 Å². The molecule has 2 aromatic carbocycles. The van der Waals surface area contributed by atoms with Crippen LogP contribution in [-0.2, 0) is 10.0 Å². The summed E-state index contributed by atoms with van der Waals surface area (Å²) in [5.41, 5.74) is 2.61. The number of nitrogens with zero attached hydrogens (tertiary/aromatic N) is 1. The van der Waals surface area contributed by atoms with Gasteiger partial charge in [0.25, 0.3) is 5.91 Å². The number of benzene rings is 2. The predicted molar refractivity (Wildman–Crippen MR) is 113 cm³/mol. The second-order valence-electron chi connectivity index (χ2n) is 5.98. The molecule has 0 unspecified atom stereocenters. The normalized spacial score (nSPS) is 11.6. The number of hydrogen-bond donors (Lipinski definition) is 1. The summed E-state index contributed by atoms with van der Waals surface area (Å²) in [5, 5.41) is 2.86. The summed E-state index contributed by atoms with van der Waals surface area (Å²) >= 11 is 2.21. The monoisotopic (exact) mass is 486 g/mol. The fourth-order valence-corrected chi connectivity index (χ4v) is 5.04. The molecule has 0 aliphatic carbocycles. The molecule has 0 fully saturated rings. The molecule has 140 valence electrons. The maximum atomic E-state index is 12.8. The summed E-state index contributed by atoms with van der Waals surface area (Å²) < 4.78 is 28.1. The predicted octanol–water partition coefficient (Wildman–Crippen LogP) is 4.19. The van der Waals surface area contributed by atoms with Crippen molar-refractivity contribution in [3.05, 3.63) is 56.7 Å². The molecule has 0 spiro atoms. The third kappa shape index (κ3) is 4.44. The van der Waals surface area contributed by atoms with Crippen molar-refractivity contribution in [3.8, 4) is 0 Å². The number of carbonyl (C=O) groups excluding carboxylic acids is 1. The SMILES string of the molecule is CCN(CC)S(=O)(=O)c1cc(C(=O)Nc2ccc(I)cc2C)ccc1C. The third-order valence-corrected chi connectivity index (χ3v) is 7.07. The molecular weight excluding hydrogens is 463 g/mol. The van der Waals surface area contributed by atoms with Gasteiger partial charge in [0, 0.05) is 27.9 Å². The number of rotatable bonds is 6. The molecule has 0 aliphatic rings. The summed E-state index contributed by atoms with van der Waals surface area (Å²) in [4.78, 5) is 12.8. The maximum Gasteiger partial charge on any atom is 0.255 e. The Balaban J connectivity index is 2.38. The van der Waals surface area contributed by atoms with E-state index in [1.807, 2.05) is 25.1 Å². The lowest BCUT2D eigenvalue weighted by atomic mass is 10.1. The topological polar surface area (TPSA) is 66.5 Å². The second kappa shape index (κ2) is 8.49. The number of hydrogen-bond acceptors (Lipinski definition) is 3. The molecule has 2 rings (SSSR count). The van der Waals surface area contributed by atoms with Gasteiger partial charge >= 0.3 is 0 Å². The van der Waals surface area contributed by atoms with Crippen molar-refractivity contribution >= 4 is 44.2 Å². The van der Waals surface area contributed by atoms with Gasteiger partial charge in [0.2, 0.25) is 10.0 Å². The van der Waals surface area contributed by atoms with E-state index in [0.717, 1.165) is 9.13 Å². The van der Waals surface area contributed by atoms with Crippen LogP contribution in [-0.4, -0.2) is 31.7 Å². The molecular formula is C19H23IN2O3S. The van der Waals surface area contributed by atoms with Gasteiger partial charge in [-0.3, -0.25) is 4.79 Å². The fraction of sp³-hybridized carbons (Fsp3) is 0.316. The lowest BCUT2D eigenvalue weighted by molar-refractivity contribution is 0.102. The lowest BCUT2D eigenvalue weighted by Gasteiger charge is -2.20. The molecule has 5 nitrogen and oxygen atoms in total. The minimum atomic E-state index is -3.62. The largest absolute Gasteiger partial charge is 0.322 e. The first kappa shape index (κ1) is 20.9. The smallest absolute Gasteiger partial charge is 0.255 e. The summed E-state index contributed by atoms with van der Waals surface area (Å²) in [7, 11) is -3.62. The second-order valence-corrected chi connectivity index (χ2v) is 9.13. The van der Waals surface area contributed by atoms with Gasteiger partial charge in [0.05, 0.1) is 4.90 Å². The highest BCUT2D eigenvalue weighted by Crippen LogP contribution is 2.23. The summed E-state index contributed by atoms with van der Waals surface area (Å²) in [6.07, 6.45) is 0. The molecule has 0 saturated heterocycles. The van der Waals surface area contributed by atoms with Crippen molar-refractivity contribution in [2.45, 2.75) is 32.6 Å². The number of carbonyl (C=O) groups is 1. The average Bonchev–Trinajstić information content (AvgIpc) is 2.58. The van der Waals surface area contributed by atoms with Crippen LogP contribution in [0.25, 0.3) is 0 Å². The van der Waals surface area contributed by atoms with Crippen LogP contribution in [0.3, 0.4) is 0 Å². The molecule has 2 aromatic rings. The molecule has 0 bridgehead atoms. The zero-order valence-corrected chi connectivity index (χ0v) is 18.3. The van der Waals surface area contributed by atoms with Crippen LogP contribution in [0.5, 0.6) is 0 Å². The molecule has 1 N–H and O–H groups in total. The summed E-state index contributed by atoms with van der Waals surface area (Å²) in [5.74, 6) is -0.328. The molecule has 0 heterocycles. The Kier molecular flexibility index (Phi) is 6.81. The van der Waals surface area contributed by atoms with E-state index in [9.17, 15) is 13.2 Å². The van der Waals surface area contributed by atoms with Crippen LogP contribution in [0.1, 0.15) is 35.3 Å². The van der Waals surface area contributed by atoms with Gasteiger partial charge in [0.1, 0.15) is 0 Å². The van der Waals surface area contributed by atoms with Crippen molar-refractivity contribution in [2.75, 3.05) is 18.4 Å². The highest BCUT2D eigenvalue weighted by Gasteiger charge is 2.24. The molecule has 0 aromatic heterocycles. The zero-order chi connectivity index (χ0) is 19.5. The number of aryl methyl sites for hydroxylation is 2. The maximum absolute atomic E-state index is 12.8. The van der Waals surface area contributed by atoms with Gasteiger partial charge in [-0.1, -0.05) is 19.9 Å². The van der Waals surface area contributed by atoms with Crippen molar-refractivity contribution in [1.82, 2.24) is 4.31 Å². The molecule has 26 heavy (non-hydrogen) atoms. The van der Waals surface area contributed by atoms with E-state index in [1.54, 1.807) is 32.9 Å². The molecule has 0 aliphatic heterocycles. The number of nitrogens with one attached hydrogen (secondary N) is 1. The summed E-state index contributed by atoms with van der Waals surface area (Å²) in [6, 6.07) is 10.5. The van der Waals surface area contributed by atoms with Crippen molar-refractivity contribution in [1.29, 1.82) is 0 Å². The van der Waals surface area contributed by atoms with Crippen LogP contribution in [0, 0.1) is 17.4 Å². The van der Waals surface area contributed by atoms with Gasteiger partial charge in [-0.2, -0.15) is 4.31 Å². The highest BCUT2D eigenvalue weighted by molar-refractivity contribution is 14.1. The minimum absolute atomic E-state index is 0.174. The Morgan fingerprint density at radius 3 is 2.27 bits per heavy atom. The van der Waals surface area contributed by atoms with Gasteiger partial charge < -0.3 is 5.32 Å². The Morgan fingerprint density at radius 1 is 1.04 bits per heavy atom. The van der Waals surface area contributed by atoms with Crippen LogP contribution >= 0.6 is 22.6 Å². The number of anilines is 1. The Morgan fingerprint density at radius 2 is 1.69 bits per heavy atom. The number of halogens is 1. The van der Waals surface area contributed by atoms with Crippen LogP contribution in [0.2, 0.25) is 0 Å². The molecule has 7 heteroatoms. The van der Waals surface area contributed by atoms with Crippen LogP contribution in [0.15, 0.2) is 41.3 Å². The first-order valence-corrected chi connectivity index (χ1v) is 10.9. The quantitative estimate of drug-likeness (QED) is 0.623. The molecule has 0 saturated carbocycles. The minimum Gasteiger partial charge on any atom is -0.322 e. The van der Waals surface area contributed by atoms with E-state index in [1.165, 1.54) is 10.4 Å². The first-order chi connectivity index (χ1) is 12.2. The molecule has 1 amide bonds. The van der Waals surface area contributed by atoms with Gasteiger partial charge in [0.15, 0.2) is 0 Å². The third-order valence-electron chi connectivity index (χ3n) is 4.21. The van der Waals surface area contributed by atoms with Crippen molar-refractivity contribution in [2.24, 2.45) is 0 Å². The molecule has 0 atom stereocenters. The Labute approximate surface area is 169 Å². The van der Waals surface area contributed by atoms with E-state index < -0.39 is 10.0 Å². The van der Waals surface area contributed by atoms with Crippen LogP contribution < -0.4 is 5.32 Å². The lowest BCUT2D eigenvalue weighted by Crippen LogP contribution is -2.31. The highest BCUT2D eigenvalue weighted by atomic mass is 127.